The molecule has 1 heterocycles. The number of rotatable bonds is 10. The maximum absolute atomic E-state index is 10.9. The molecule has 0 aliphatic heterocycles. The highest BCUT2D eigenvalue weighted by molar-refractivity contribution is 5.81. The Hall–Kier alpha value is -2.95. The third-order valence-corrected chi connectivity index (χ3v) is 3.55. The molecule has 5 nitrogen and oxygen atoms in total. The van der Waals surface area contributed by atoms with Crippen LogP contribution in [0, 0.1) is 0 Å². The average Bonchev–Trinajstić information content (AvgIpc) is 2.67. The van der Waals surface area contributed by atoms with Crippen molar-refractivity contribution in [1.82, 2.24) is 4.98 Å². The molecule has 2 rings (SSSR count). The van der Waals surface area contributed by atoms with Gasteiger partial charge in [-0.1, -0.05) is 30.8 Å². The van der Waals surface area contributed by atoms with E-state index in [4.69, 9.17) is 9.47 Å². The summed E-state index contributed by atoms with van der Waals surface area (Å²) in [5, 5.41) is 0. The molecule has 0 saturated carbocycles. The zero-order valence-electron chi connectivity index (χ0n) is 14.0. The van der Waals surface area contributed by atoms with E-state index in [1.54, 1.807) is 18.3 Å². The van der Waals surface area contributed by atoms with Gasteiger partial charge in [0.1, 0.15) is 12.0 Å². The van der Waals surface area contributed by atoms with E-state index in [0.717, 1.165) is 42.9 Å². The predicted octanol–water partition coefficient (Wildman–Crippen LogP) is 3.84. The number of benzene rings is 1. The first-order valence-electron chi connectivity index (χ1n) is 8.16. The first kappa shape index (κ1) is 18.4. The molecule has 0 amide bonds. The third kappa shape index (κ3) is 6.22. The molecular weight excluding hydrogens is 318 g/mol. The van der Waals surface area contributed by atoms with Gasteiger partial charge < -0.3 is 9.47 Å². The Morgan fingerprint density at radius 1 is 1.04 bits per heavy atom. The Morgan fingerprint density at radius 2 is 1.80 bits per heavy atom. The van der Waals surface area contributed by atoms with E-state index >= 15 is 0 Å². The lowest BCUT2D eigenvalue weighted by Gasteiger charge is -2.07. The maximum Gasteiger partial charge on any atom is 0.330 e. The van der Waals surface area contributed by atoms with Crippen LogP contribution in [0.1, 0.15) is 29.6 Å². The number of hydrogen-bond donors (Lipinski definition) is 0. The number of esters is 1. The number of hydrogen-bond acceptors (Lipinski definition) is 5. The van der Waals surface area contributed by atoms with Crippen molar-refractivity contribution in [1.29, 1.82) is 0 Å². The summed E-state index contributed by atoms with van der Waals surface area (Å²) < 4.78 is 10.5. The van der Waals surface area contributed by atoms with Gasteiger partial charge in [0, 0.05) is 17.2 Å². The normalized spacial score (nSPS) is 10.1. The molecule has 0 atom stereocenters. The molecule has 0 saturated heterocycles. The lowest BCUT2D eigenvalue weighted by Crippen LogP contribution is -2.03. The van der Waals surface area contributed by atoms with Crippen LogP contribution < -0.4 is 4.74 Å². The molecule has 0 spiro atoms. The molecule has 1 aromatic heterocycles. The minimum Gasteiger partial charge on any atom is -0.492 e. The summed E-state index contributed by atoms with van der Waals surface area (Å²) in [6.07, 6.45) is 6.26. The molecule has 0 fully saturated rings. The summed E-state index contributed by atoms with van der Waals surface area (Å²) in [4.78, 5) is 25.9. The minimum atomic E-state index is -0.386. The van der Waals surface area contributed by atoms with E-state index < -0.39 is 0 Å². The van der Waals surface area contributed by atoms with Crippen LogP contribution in [0.25, 0.3) is 11.3 Å². The fourth-order valence-corrected chi connectivity index (χ4v) is 2.17. The molecule has 130 valence electrons. The van der Waals surface area contributed by atoms with E-state index in [-0.39, 0.29) is 5.97 Å². The van der Waals surface area contributed by atoms with Gasteiger partial charge >= 0.3 is 5.97 Å². The number of nitrogens with zero attached hydrogens (tertiary/aromatic N) is 1. The summed E-state index contributed by atoms with van der Waals surface area (Å²) in [6, 6.07) is 11.0. The zero-order chi connectivity index (χ0) is 17.9. The summed E-state index contributed by atoms with van der Waals surface area (Å²) in [5.74, 6) is 0.328. The Labute approximate surface area is 147 Å². The number of aldehydes is 1. The SMILES string of the molecule is C=CC(=O)OCCCCCOc1ccc(-c2ccc(C=O)cc2)nc1. The van der Waals surface area contributed by atoms with Crippen LogP contribution in [-0.4, -0.2) is 30.5 Å². The van der Waals surface area contributed by atoms with E-state index in [1.807, 2.05) is 24.3 Å². The predicted molar refractivity (Wildman–Crippen MR) is 95.6 cm³/mol. The minimum absolute atomic E-state index is 0.386. The van der Waals surface area contributed by atoms with E-state index in [2.05, 4.69) is 11.6 Å². The fourth-order valence-electron chi connectivity index (χ4n) is 2.17. The van der Waals surface area contributed by atoms with Crippen LogP contribution in [0.4, 0.5) is 0 Å². The lowest BCUT2D eigenvalue weighted by molar-refractivity contribution is -0.137. The summed E-state index contributed by atoms with van der Waals surface area (Å²) in [7, 11) is 0. The van der Waals surface area contributed by atoms with Crippen LogP contribution in [0.5, 0.6) is 5.75 Å². The molecule has 0 aliphatic rings. The van der Waals surface area contributed by atoms with Gasteiger partial charge in [-0.2, -0.15) is 0 Å². The molecule has 0 aliphatic carbocycles. The number of carbonyl (C=O) groups excluding carboxylic acids is 2. The third-order valence-electron chi connectivity index (χ3n) is 3.55. The average molecular weight is 339 g/mol. The topological polar surface area (TPSA) is 65.5 Å². The van der Waals surface area contributed by atoms with E-state index in [9.17, 15) is 9.59 Å². The highest BCUT2D eigenvalue weighted by Gasteiger charge is 2.01. The van der Waals surface area contributed by atoms with Gasteiger partial charge in [0.25, 0.3) is 0 Å². The first-order chi connectivity index (χ1) is 12.2. The Bertz CT molecular complexity index is 693. The number of ether oxygens (including phenoxy) is 2. The van der Waals surface area contributed by atoms with Crippen molar-refractivity contribution in [2.45, 2.75) is 19.3 Å². The molecule has 25 heavy (non-hydrogen) atoms. The zero-order valence-corrected chi connectivity index (χ0v) is 14.0. The molecule has 0 radical (unpaired) electrons. The summed E-state index contributed by atoms with van der Waals surface area (Å²) >= 11 is 0. The molecule has 1 aromatic carbocycles. The molecule has 0 N–H and O–H groups in total. The van der Waals surface area contributed by atoms with E-state index in [1.165, 1.54) is 0 Å². The van der Waals surface area contributed by atoms with Crippen LogP contribution in [0.15, 0.2) is 55.3 Å². The largest absolute Gasteiger partial charge is 0.492 e. The highest BCUT2D eigenvalue weighted by Crippen LogP contribution is 2.20. The molecule has 5 heteroatoms. The number of carbonyl (C=O) groups is 2. The first-order valence-corrected chi connectivity index (χ1v) is 8.16. The standard InChI is InChI=1S/C20H21NO4/c1-2-20(23)25-13-5-3-4-12-24-18-10-11-19(21-14-18)17-8-6-16(15-22)7-9-17/h2,6-11,14-15H,1,3-5,12-13H2. The van der Waals surface area contributed by atoms with Gasteiger partial charge in [0.15, 0.2) is 0 Å². The second-order valence-electron chi connectivity index (χ2n) is 5.40. The van der Waals surface area contributed by atoms with Crippen LogP contribution in [-0.2, 0) is 9.53 Å². The number of aromatic nitrogens is 1. The van der Waals surface area contributed by atoms with Crippen LogP contribution in [0.3, 0.4) is 0 Å². The van der Waals surface area contributed by atoms with Crippen molar-refractivity contribution in [3.63, 3.8) is 0 Å². The van der Waals surface area contributed by atoms with Crippen LogP contribution in [0.2, 0.25) is 0 Å². The second kappa shape index (κ2) is 10.0. The smallest absolute Gasteiger partial charge is 0.330 e. The monoisotopic (exact) mass is 339 g/mol. The van der Waals surface area contributed by atoms with Gasteiger partial charge in [-0.15, -0.1) is 0 Å². The van der Waals surface area contributed by atoms with Gasteiger partial charge in [-0.05, 0) is 31.4 Å². The van der Waals surface area contributed by atoms with Crippen molar-refractivity contribution < 1.29 is 19.1 Å². The lowest BCUT2D eigenvalue weighted by atomic mass is 10.1. The van der Waals surface area contributed by atoms with Crippen molar-refractivity contribution in [2.75, 3.05) is 13.2 Å². The molecule has 0 unspecified atom stereocenters. The number of unbranched alkanes of at least 4 members (excludes halogenated alkanes) is 2. The fraction of sp³-hybridized carbons (Fsp3) is 0.250. The van der Waals surface area contributed by atoms with Crippen LogP contribution >= 0.6 is 0 Å². The Balaban J connectivity index is 1.70. The van der Waals surface area contributed by atoms with Crippen molar-refractivity contribution in [3.05, 3.63) is 60.8 Å². The highest BCUT2D eigenvalue weighted by atomic mass is 16.5. The summed E-state index contributed by atoms with van der Waals surface area (Å²) in [5.41, 5.74) is 2.42. The van der Waals surface area contributed by atoms with Gasteiger partial charge in [-0.25, -0.2) is 4.79 Å². The molecule has 2 aromatic rings. The van der Waals surface area contributed by atoms with Crippen molar-refractivity contribution >= 4 is 12.3 Å². The Kier molecular flexibility index (Phi) is 7.38. The van der Waals surface area contributed by atoms with E-state index in [0.29, 0.717) is 24.5 Å². The second-order valence-corrected chi connectivity index (χ2v) is 5.40. The van der Waals surface area contributed by atoms with Crippen molar-refractivity contribution in [2.24, 2.45) is 0 Å². The maximum atomic E-state index is 10.9. The quantitative estimate of drug-likeness (QED) is 0.285. The molecule has 0 bridgehead atoms. The molecular formula is C20H21NO4. The number of pyridine rings is 1. The summed E-state index contributed by atoms with van der Waals surface area (Å²) in [6.45, 7) is 4.34. The van der Waals surface area contributed by atoms with Crippen molar-refractivity contribution in [3.8, 4) is 17.0 Å². The van der Waals surface area contributed by atoms with Gasteiger partial charge in [-0.3, -0.25) is 9.78 Å². The Morgan fingerprint density at radius 3 is 2.44 bits per heavy atom. The van der Waals surface area contributed by atoms with Gasteiger partial charge in [0.2, 0.25) is 0 Å². The van der Waals surface area contributed by atoms with Gasteiger partial charge in [0.05, 0.1) is 25.1 Å².